The molecule has 6 heteroatoms. The van der Waals surface area contributed by atoms with Crippen LogP contribution in [-0.2, 0) is 30.2 Å². The summed E-state index contributed by atoms with van der Waals surface area (Å²) in [4.78, 5) is 10.8. The number of hydrogen-bond acceptors (Lipinski definition) is 4. The number of fused-ring (bicyclic) bond motifs is 1. The predicted octanol–water partition coefficient (Wildman–Crippen LogP) is 6.12. The van der Waals surface area contributed by atoms with Crippen LogP contribution in [0.1, 0.15) is 39.5 Å². The van der Waals surface area contributed by atoms with Crippen molar-refractivity contribution >= 4 is 17.7 Å². The van der Waals surface area contributed by atoms with Gasteiger partial charge in [0.1, 0.15) is 24.8 Å². The highest BCUT2D eigenvalue weighted by molar-refractivity contribution is 7.98. The molecule has 0 saturated heterocycles. The first kappa shape index (κ1) is 22.2. The summed E-state index contributed by atoms with van der Waals surface area (Å²) in [5.41, 5.74) is 5.28. The molecule has 0 saturated carbocycles. The lowest BCUT2D eigenvalue weighted by molar-refractivity contribution is -0.139. The largest absolute Gasteiger partial charge is 0.489 e. The van der Waals surface area contributed by atoms with Gasteiger partial charge in [0.15, 0.2) is 6.61 Å². The average Bonchev–Trinajstić information content (AvgIpc) is 3.24. The number of carboxylic acid groups (broad SMARTS) is 1. The fourth-order valence-electron chi connectivity index (χ4n) is 3.80. The zero-order valence-corrected chi connectivity index (χ0v) is 18.4. The Morgan fingerprint density at radius 2 is 1.69 bits per heavy atom. The molecular formula is C26H25FO4S. The maximum absolute atomic E-state index is 12.6. The van der Waals surface area contributed by atoms with Gasteiger partial charge in [-0.2, -0.15) is 0 Å². The van der Waals surface area contributed by atoms with Crippen molar-refractivity contribution < 1.29 is 23.8 Å². The SMILES string of the molecule is O=C(O)COc1cccc2c1CCC2SCc1ccc(OCc2ccc(CF)cc2)cc1. The second kappa shape index (κ2) is 10.6. The highest BCUT2D eigenvalue weighted by atomic mass is 32.2. The van der Waals surface area contributed by atoms with Crippen molar-refractivity contribution in [2.24, 2.45) is 0 Å². The van der Waals surface area contributed by atoms with Gasteiger partial charge in [0.25, 0.3) is 0 Å². The van der Waals surface area contributed by atoms with Gasteiger partial charge >= 0.3 is 5.97 Å². The van der Waals surface area contributed by atoms with Gasteiger partial charge in [0.2, 0.25) is 0 Å². The second-order valence-corrected chi connectivity index (χ2v) is 8.92. The van der Waals surface area contributed by atoms with Gasteiger partial charge in [-0.3, -0.25) is 0 Å². The van der Waals surface area contributed by atoms with Gasteiger partial charge in [0.05, 0.1) is 0 Å². The maximum atomic E-state index is 12.6. The van der Waals surface area contributed by atoms with Gasteiger partial charge in [-0.25, -0.2) is 9.18 Å². The summed E-state index contributed by atoms with van der Waals surface area (Å²) in [6, 6.07) is 21.4. The van der Waals surface area contributed by atoms with E-state index in [0.717, 1.165) is 35.5 Å². The van der Waals surface area contributed by atoms with Crippen LogP contribution in [-0.4, -0.2) is 17.7 Å². The van der Waals surface area contributed by atoms with E-state index in [1.807, 2.05) is 48.2 Å². The van der Waals surface area contributed by atoms with Crippen LogP contribution in [0.25, 0.3) is 0 Å². The third-order valence-corrected chi connectivity index (χ3v) is 6.87. The number of carbonyl (C=O) groups is 1. The summed E-state index contributed by atoms with van der Waals surface area (Å²) >= 11 is 1.89. The number of halogens is 1. The number of rotatable bonds is 10. The highest BCUT2D eigenvalue weighted by Crippen LogP contribution is 2.45. The minimum Gasteiger partial charge on any atom is -0.489 e. The van der Waals surface area contributed by atoms with Crippen molar-refractivity contribution in [3.63, 3.8) is 0 Å². The molecule has 4 rings (SSSR count). The summed E-state index contributed by atoms with van der Waals surface area (Å²) in [6.07, 6.45) is 1.93. The number of ether oxygens (including phenoxy) is 2. The summed E-state index contributed by atoms with van der Waals surface area (Å²) in [7, 11) is 0. The molecule has 1 atom stereocenters. The number of benzene rings is 3. The Hall–Kier alpha value is -2.99. The maximum Gasteiger partial charge on any atom is 0.341 e. The molecule has 0 radical (unpaired) electrons. The Morgan fingerprint density at radius 3 is 2.41 bits per heavy atom. The Labute approximate surface area is 191 Å². The third kappa shape index (κ3) is 5.62. The van der Waals surface area contributed by atoms with E-state index in [0.29, 0.717) is 23.2 Å². The van der Waals surface area contributed by atoms with E-state index in [4.69, 9.17) is 14.6 Å². The van der Waals surface area contributed by atoms with E-state index < -0.39 is 12.6 Å². The molecule has 1 N–H and O–H groups in total. The van der Waals surface area contributed by atoms with Crippen molar-refractivity contribution in [2.75, 3.05) is 6.61 Å². The summed E-state index contributed by atoms with van der Waals surface area (Å²) in [6.45, 7) is -0.315. The van der Waals surface area contributed by atoms with Crippen molar-refractivity contribution in [1.29, 1.82) is 0 Å². The number of thioether (sulfide) groups is 1. The van der Waals surface area contributed by atoms with Crippen LogP contribution in [0.3, 0.4) is 0 Å². The lowest BCUT2D eigenvalue weighted by Crippen LogP contribution is -2.10. The smallest absolute Gasteiger partial charge is 0.341 e. The van der Waals surface area contributed by atoms with Crippen molar-refractivity contribution in [1.82, 2.24) is 0 Å². The van der Waals surface area contributed by atoms with Crippen LogP contribution < -0.4 is 9.47 Å². The van der Waals surface area contributed by atoms with E-state index in [1.165, 1.54) is 11.1 Å². The minimum absolute atomic E-state index is 0.314. The molecule has 0 amide bonds. The molecule has 1 unspecified atom stereocenters. The first-order chi connectivity index (χ1) is 15.6. The topological polar surface area (TPSA) is 55.8 Å². The molecule has 166 valence electrons. The molecule has 3 aromatic carbocycles. The van der Waals surface area contributed by atoms with Crippen LogP contribution >= 0.6 is 11.8 Å². The van der Waals surface area contributed by atoms with Crippen molar-refractivity contribution in [2.45, 2.75) is 37.1 Å². The van der Waals surface area contributed by atoms with Gasteiger partial charge in [-0.1, -0.05) is 48.5 Å². The van der Waals surface area contributed by atoms with Crippen molar-refractivity contribution in [3.05, 3.63) is 94.5 Å². The van der Waals surface area contributed by atoms with Gasteiger partial charge in [0, 0.05) is 11.0 Å². The van der Waals surface area contributed by atoms with Gasteiger partial charge in [-0.15, -0.1) is 11.8 Å². The number of carboxylic acids is 1. The molecular weight excluding hydrogens is 427 g/mol. The van der Waals surface area contributed by atoms with E-state index in [2.05, 4.69) is 18.2 Å². The summed E-state index contributed by atoms with van der Waals surface area (Å²) in [5.74, 6) is 1.41. The van der Waals surface area contributed by atoms with Crippen LogP contribution in [0.15, 0.2) is 66.7 Å². The normalized spacial score (nSPS) is 14.7. The third-order valence-electron chi connectivity index (χ3n) is 5.48. The van der Waals surface area contributed by atoms with Gasteiger partial charge in [-0.05, 0) is 58.9 Å². The van der Waals surface area contributed by atoms with E-state index in [1.54, 1.807) is 12.1 Å². The molecule has 0 heterocycles. The quantitative estimate of drug-likeness (QED) is 0.402. The lowest BCUT2D eigenvalue weighted by atomic mass is 10.1. The van der Waals surface area contributed by atoms with Crippen LogP contribution in [0, 0.1) is 0 Å². The number of hydrogen-bond donors (Lipinski definition) is 1. The Bertz CT molecular complexity index is 1050. The Kier molecular flexibility index (Phi) is 7.32. The monoisotopic (exact) mass is 452 g/mol. The molecule has 3 aromatic rings. The first-order valence-electron chi connectivity index (χ1n) is 10.6. The highest BCUT2D eigenvalue weighted by Gasteiger charge is 2.25. The van der Waals surface area contributed by atoms with Crippen LogP contribution in [0.2, 0.25) is 0 Å². The molecule has 4 nitrogen and oxygen atoms in total. The molecule has 32 heavy (non-hydrogen) atoms. The van der Waals surface area contributed by atoms with E-state index in [9.17, 15) is 9.18 Å². The minimum atomic E-state index is -0.964. The Morgan fingerprint density at radius 1 is 0.969 bits per heavy atom. The van der Waals surface area contributed by atoms with Gasteiger partial charge < -0.3 is 14.6 Å². The molecule has 0 spiro atoms. The predicted molar refractivity (Wildman–Crippen MR) is 124 cm³/mol. The molecule has 1 aliphatic rings. The first-order valence-corrected chi connectivity index (χ1v) is 11.6. The van der Waals surface area contributed by atoms with E-state index in [-0.39, 0.29) is 6.61 Å². The van der Waals surface area contributed by atoms with Crippen LogP contribution in [0.4, 0.5) is 4.39 Å². The number of aliphatic carboxylic acids is 1. The standard InChI is InChI=1S/C26H25FO4S/c27-14-18-4-6-19(7-5-18)15-30-21-10-8-20(9-11-21)17-32-25-13-12-22-23(25)2-1-3-24(22)31-16-26(28)29/h1-11,25H,12-17H2,(H,28,29). The molecule has 0 bridgehead atoms. The second-order valence-electron chi connectivity index (χ2n) is 7.73. The lowest BCUT2D eigenvalue weighted by Gasteiger charge is -2.13. The number of alkyl halides is 1. The summed E-state index contributed by atoms with van der Waals surface area (Å²) in [5, 5.41) is 9.24. The zero-order chi connectivity index (χ0) is 22.3. The molecule has 0 fully saturated rings. The average molecular weight is 453 g/mol. The van der Waals surface area contributed by atoms with E-state index >= 15 is 0 Å². The Balaban J connectivity index is 1.30. The zero-order valence-electron chi connectivity index (χ0n) is 17.6. The molecule has 0 aliphatic heterocycles. The fourth-order valence-corrected chi connectivity index (χ4v) is 5.07. The fraction of sp³-hybridized carbons (Fsp3) is 0.269. The van der Waals surface area contributed by atoms with Crippen LogP contribution in [0.5, 0.6) is 11.5 Å². The summed E-state index contributed by atoms with van der Waals surface area (Å²) < 4.78 is 23.9. The van der Waals surface area contributed by atoms with Crippen molar-refractivity contribution in [3.8, 4) is 11.5 Å². The molecule has 0 aromatic heterocycles. The molecule has 1 aliphatic carbocycles.